The van der Waals surface area contributed by atoms with E-state index in [1.165, 1.54) is 0 Å². The third-order valence-corrected chi connectivity index (χ3v) is 3.87. The molecule has 1 heterocycles. The molecule has 1 saturated carbocycles. The highest BCUT2D eigenvalue weighted by Crippen LogP contribution is 2.29. The first-order valence-corrected chi connectivity index (χ1v) is 7.25. The minimum atomic E-state index is -0.899. The lowest BCUT2D eigenvalue weighted by molar-refractivity contribution is -0.137. The topological polar surface area (TPSA) is 69.6 Å². The van der Waals surface area contributed by atoms with Gasteiger partial charge in [0.1, 0.15) is 0 Å². The maximum atomic E-state index is 12.2. The molecule has 0 aromatic carbocycles. The van der Waals surface area contributed by atoms with Crippen LogP contribution in [0.15, 0.2) is 17.5 Å². The number of hydrogen-bond acceptors (Lipinski definition) is 3. The fourth-order valence-electron chi connectivity index (χ4n) is 1.93. The van der Waals surface area contributed by atoms with E-state index >= 15 is 0 Å². The Kier molecular flexibility index (Phi) is 4.42. The number of nitrogens with one attached hydrogen (secondary N) is 1. The molecule has 2 N–H and O–H groups in total. The molecule has 1 fully saturated rings. The Morgan fingerprint density at radius 2 is 2.32 bits per heavy atom. The predicted octanol–water partition coefficient (Wildman–Crippen LogP) is 2.29. The Hall–Kier alpha value is -1.56. The van der Waals surface area contributed by atoms with Crippen molar-refractivity contribution in [2.45, 2.75) is 44.8 Å². The second-order valence-corrected chi connectivity index (χ2v) is 5.92. The van der Waals surface area contributed by atoms with Crippen LogP contribution >= 0.6 is 11.3 Å². The molecule has 1 unspecified atom stereocenters. The van der Waals surface area contributed by atoms with Crippen molar-refractivity contribution in [1.82, 2.24) is 10.2 Å². The lowest BCUT2D eigenvalue weighted by Crippen LogP contribution is -2.45. The average molecular weight is 282 g/mol. The summed E-state index contributed by atoms with van der Waals surface area (Å²) in [7, 11) is 0. The number of carboxylic acids is 1. The first-order valence-electron chi connectivity index (χ1n) is 6.37. The predicted molar refractivity (Wildman–Crippen MR) is 73.1 cm³/mol. The molecule has 2 rings (SSSR count). The lowest BCUT2D eigenvalue weighted by Gasteiger charge is -2.24. The van der Waals surface area contributed by atoms with E-state index in [1.807, 2.05) is 22.4 Å². The molecule has 0 bridgehead atoms. The number of carboxylic acid groups (broad SMARTS) is 1. The maximum Gasteiger partial charge on any atom is 0.318 e. The van der Waals surface area contributed by atoms with Crippen LogP contribution in [0.2, 0.25) is 0 Å². The zero-order chi connectivity index (χ0) is 13.8. The number of carbonyl (C=O) groups is 2. The molecule has 6 heteroatoms. The van der Waals surface area contributed by atoms with Gasteiger partial charge in [-0.3, -0.25) is 4.79 Å². The number of rotatable bonds is 6. The fourth-order valence-corrected chi connectivity index (χ4v) is 2.63. The molecular formula is C13H18N2O3S. The van der Waals surface area contributed by atoms with Crippen LogP contribution in [0.25, 0.3) is 0 Å². The molecular weight excluding hydrogens is 264 g/mol. The molecule has 0 aliphatic heterocycles. The van der Waals surface area contributed by atoms with Crippen LogP contribution < -0.4 is 5.32 Å². The van der Waals surface area contributed by atoms with Crippen LogP contribution in [0, 0.1) is 0 Å². The minimum Gasteiger partial charge on any atom is -0.481 e. The van der Waals surface area contributed by atoms with Crippen LogP contribution in [0.4, 0.5) is 4.79 Å². The number of hydrogen-bond donors (Lipinski definition) is 2. The van der Waals surface area contributed by atoms with E-state index in [4.69, 9.17) is 5.11 Å². The quantitative estimate of drug-likeness (QED) is 0.841. The number of aliphatic carboxylic acids is 1. The van der Waals surface area contributed by atoms with Gasteiger partial charge in [-0.1, -0.05) is 6.07 Å². The van der Waals surface area contributed by atoms with Crippen molar-refractivity contribution in [2.75, 3.05) is 0 Å². The average Bonchev–Trinajstić information content (AvgIpc) is 3.02. The number of amides is 2. The summed E-state index contributed by atoms with van der Waals surface area (Å²) < 4.78 is 0. The Bertz CT molecular complexity index is 443. The van der Waals surface area contributed by atoms with Gasteiger partial charge in [-0.25, -0.2) is 4.79 Å². The van der Waals surface area contributed by atoms with Crippen molar-refractivity contribution < 1.29 is 14.7 Å². The smallest absolute Gasteiger partial charge is 0.318 e. The molecule has 1 aromatic rings. The molecule has 1 aliphatic rings. The highest BCUT2D eigenvalue weighted by Gasteiger charge is 2.33. The van der Waals surface area contributed by atoms with Crippen LogP contribution in [0.3, 0.4) is 0 Å². The number of nitrogens with zero attached hydrogens (tertiary/aromatic N) is 1. The Morgan fingerprint density at radius 3 is 2.84 bits per heavy atom. The summed E-state index contributed by atoms with van der Waals surface area (Å²) in [6.45, 7) is 2.32. The van der Waals surface area contributed by atoms with E-state index in [-0.39, 0.29) is 18.5 Å². The summed E-state index contributed by atoms with van der Waals surface area (Å²) in [5.74, 6) is -0.899. The molecule has 0 radical (unpaired) electrons. The van der Waals surface area contributed by atoms with Crippen molar-refractivity contribution in [2.24, 2.45) is 0 Å². The van der Waals surface area contributed by atoms with Crippen LogP contribution in [0.1, 0.15) is 31.1 Å². The second-order valence-electron chi connectivity index (χ2n) is 4.89. The summed E-state index contributed by atoms with van der Waals surface area (Å²) in [6, 6.07) is 3.77. The van der Waals surface area contributed by atoms with Crippen molar-refractivity contribution in [3.05, 3.63) is 22.4 Å². The molecule has 1 aliphatic carbocycles. The molecule has 104 valence electrons. The third kappa shape index (κ3) is 4.24. The van der Waals surface area contributed by atoms with E-state index < -0.39 is 5.97 Å². The molecule has 2 amide bonds. The fraction of sp³-hybridized carbons (Fsp3) is 0.538. The van der Waals surface area contributed by atoms with E-state index in [9.17, 15) is 9.59 Å². The number of thiophene rings is 1. The van der Waals surface area contributed by atoms with Gasteiger partial charge in [-0.05, 0) is 31.2 Å². The first-order chi connectivity index (χ1) is 9.06. The third-order valence-electron chi connectivity index (χ3n) is 3.01. The van der Waals surface area contributed by atoms with Gasteiger partial charge in [0.2, 0.25) is 0 Å². The van der Waals surface area contributed by atoms with E-state index in [1.54, 1.807) is 18.3 Å². The molecule has 0 spiro atoms. The highest BCUT2D eigenvalue weighted by molar-refractivity contribution is 7.09. The first kappa shape index (κ1) is 13.9. The largest absolute Gasteiger partial charge is 0.481 e. The van der Waals surface area contributed by atoms with Crippen molar-refractivity contribution in [3.63, 3.8) is 0 Å². The zero-order valence-electron chi connectivity index (χ0n) is 10.8. The summed E-state index contributed by atoms with van der Waals surface area (Å²) in [4.78, 5) is 25.7. The number of carbonyl (C=O) groups excluding carboxylic acids is 1. The second kappa shape index (κ2) is 6.06. The van der Waals surface area contributed by atoms with Gasteiger partial charge in [0.15, 0.2) is 0 Å². The Labute approximate surface area is 116 Å². The normalized spacial score (nSPS) is 15.8. The summed E-state index contributed by atoms with van der Waals surface area (Å²) >= 11 is 1.63. The van der Waals surface area contributed by atoms with Crippen molar-refractivity contribution >= 4 is 23.3 Å². The van der Waals surface area contributed by atoms with Gasteiger partial charge in [0, 0.05) is 17.0 Å². The highest BCUT2D eigenvalue weighted by atomic mass is 32.1. The minimum absolute atomic E-state index is 0.0523. The van der Waals surface area contributed by atoms with E-state index in [0.717, 1.165) is 17.7 Å². The monoisotopic (exact) mass is 282 g/mol. The lowest BCUT2D eigenvalue weighted by atomic mass is 10.2. The maximum absolute atomic E-state index is 12.2. The van der Waals surface area contributed by atoms with Gasteiger partial charge < -0.3 is 15.3 Å². The molecule has 1 aromatic heterocycles. The van der Waals surface area contributed by atoms with E-state index in [0.29, 0.717) is 12.6 Å². The summed E-state index contributed by atoms with van der Waals surface area (Å²) in [5.41, 5.74) is 0. The van der Waals surface area contributed by atoms with Gasteiger partial charge in [-0.15, -0.1) is 11.3 Å². The zero-order valence-corrected chi connectivity index (χ0v) is 11.7. The van der Waals surface area contributed by atoms with Crippen LogP contribution in [-0.2, 0) is 11.3 Å². The van der Waals surface area contributed by atoms with Crippen LogP contribution in [0.5, 0.6) is 0 Å². The SMILES string of the molecule is CC(CC(=O)O)NC(=O)N(Cc1cccs1)C1CC1. The molecule has 0 saturated heterocycles. The van der Waals surface area contributed by atoms with Gasteiger partial charge in [0.25, 0.3) is 0 Å². The van der Waals surface area contributed by atoms with Crippen molar-refractivity contribution in [3.8, 4) is 0 Å². The van der Waals surface area contributed by atoms with Gasteiger partial charge in [0.05, 0.1) is 13.0 Å². The summed E-state index contributed by atoms with van der Waals surface area (Å²) in [5, 5.41) is 13.4. The van der Waals surface area contributed by atoms with E-state index in [2.05, 4.69) is 5.32 Å². The standard InChI is InChI=1S/C13H18N2O3S/c1-9(7-12(16)17)14-13(18)15(10-4-5-10)8-11-3-2-6-19-11/h2-3,6,9-10H,4-5,7-8H2,1H3,(H,14,18)(H,16,17). The Balaban J connectivity index is 1.91. The Morgan fingerprint density at radius 1 is 1.58 bits per heavy atom. The number of urea groups is 1. The molecule has 19 heavy (non-hydrogen) atoms. The van der Waals surface area contributed by atoms with Gasteiger partial charge in [-0.2, -0.15) is 0 Å². The van der Waals surface area contributed by atoms with Gasteiger partial charge >= 0.3 is 12.0 Å². The summed E-state index contributed by atoms with van der Waals surface area (Å²) in [6.07, 6.45) is 2.02. The molecule has 5 nitrogen and oxygen atoms in total. The molecule has 1 atom stereocenters. The van der Waals surface area contributed by atoms with Crippen molar-refractivity contribution in [1.29, 1.82) is 0 Å². The van der Waals surface area contributed by atoms with Crippen LogP contribution in [-0.4, -0.2) is 34.1 Å².